The lowest BCUT2D eigenvalue weighted by Crippen LogP contribution is -2.15. The van der Waals surface area contributed by atoms with E-state index in [1.54, 1.807) is 6.07 Å². The molecule has 0 saturated heterocycles. The van der Waals surface area contributed by atoms with Gasteiger partial charge in [0.25, 0.3) is 5.91 Å². The lowest BCUT2D eigenvalue weighted by atomic mass is 10.1. The molecule has 2 aromatic carbocycles. The van der Waals surface area contributed by atoms with E-state index in [2.05, 4.69) is 21.2 Å². The summed E-state index contributed by atoms with van der Waals surface area (Å²) in [6, 6.07) is 7.71. The van der Waals surface area contributed by atoms with Crippen LogP contribution in [0.2, 0.25) is 0 Å². The van der Waals surface area contributed by atoms with Crippen molar-refractivity contribution >= 4 is 39.2 Å². The van der Waals surface area contributed by atoms with E-state index in [1.165, 1.54) is 18.2 Å². The monoisotopic (exact) mass is 352 g/mol. The first-order chi connectivity index (χ1) is 9.86. The minimum absolute atomic E-state index is 0.00690. The van der Waals surface area contributed by atoms with E-state index in [0.29, 0.717) is 10.2 Å². The zero-order valence-corrected chi connectivity index (χ0v) is 12.1. The topological polar surface area (TPSA) is 92.4 Å². The number of nitrogens with two attached hydrogens (primary N) is 1. The van der Waals surface area contributed by atoms with Crippen LogP contribution in [0.3, 0.4) is 0 Å². The average Bonchev–Trinajstić information content (AvgIpc) is 2.39. The molecule has 0 atom stereocenters. The second-order valence-electron chi connectivity index (χ2n) is 4.22. The maximum atomic E-state index is 13.1. The smallest absolute Gasteiger partial charge is 0.337 e. The van der Waals surface area contributed by atoms with Gasteiger partial charge in [-0.25, -0.2) is 9.18 Å². The summed E-state index contributed by atoms with van der Waals surface area (Å²) in [4.78, 5) is 23.2. The second-order valence-corrected chi connectivity index (χ2v) is 5.14. The van der Waals surface area contributed by atoms with Gasteiger partial charge in [0.2, 0.25) is 0 Å². The number of hydrogen-bond acceptors (Lipinski definition) is 3. The molecule has 0 saturated carbocycles. The number of nitrogens with one attached hydrogen (secondary N) is 1. The number of anilines is 2. The Hall–Kier alpha value is -2.41. The predicted molar refractivity (Wildman–Crippen MR) is 79.9 cm³/mol. The number of aromatic carboxylic acids is 1. The Kier molecular flexibility index (Phi) is 4.23. The third-order valence-electron chi connectivity index (χ3n) is 2.64. The molecule has 2 rings (SSSR count). The molecule has 0 radical (unpaired) electrons. The van der Waals surface area contributed by atoms with Gasteiger partial charge in [-0.2, -0.15) is 0 Å². The molecule has 0 aromatic heterocycles. The fraction of sp³-hybridized carbons (Fsp3) is 0. The van der Waals surface area contributed by atoms with E-state index in [9.17, 15) is 14.0 Å². The van der Waals surface area contributed by atoms with Crippen molar-refractivity contribution in [2.24, 2.45) is 0 Å². The molecule has 5 nitrogen and oxygen atoms in total. The minimum Gasteiger partial charge on any atom is -0.478 e. The number of carbonyl (C=O) groups is 2. The van der Waals surface area contributed by atoms with Crippen LogP contribution in [-0.2, 0) is 0 Å². The van der Waals surface area contributed by atoms with Gasteiger partial charge in [-0.3, -0.25) is 4.79 Å². The zero-order chi connectivity index (χ0) is 15.6. The summed E-state index contributed by atoms with van der Waals surface area (Å²) in [7, 11) is 0. The quantitative estimate of drug-likeness (QED) is 0.740. The lowest BCUT2D eigenvalue weighted by Gasteiger charge is -2.09. The van der Waals surface area contributed by atoms with Gasteiger partial charge in [-0.05, 0) is 36.4 Å². The van der Waals surface area contributed by atoms with E-state index in [0.717, 1.165) is 12.1 Å². The van der Waals surface area contributed by atoms with Crippen LogP contribution in [0.5, 0.6) is 0 Å². The first-order valence-electron chi connectivity index (χ1n) is 5.77. The molecule has 0 aliphatic rings. The van der Waals surface area contributed by atoms with Crippen molar-refractivity contribution in [3.05, 3.63) is 57.8 Å². The van der Waals surface area contributed by atoms with E-state index in [1.807, 2.05) is 0 Å². The van der Waals surface area contributed by atoms with Crippen LogP contribution in [-0.4, -0.2) is 17.0 Å². The number of carboxylic acid groups (broad SMARTS) is 1. The number of nitrogen functional groups attached to an aromatic ring is 1. The van der Waals surface area contributed by atoms with Crippen molar-refractivity contribution in [1.82, 2.24) is 0 Å². The first-order valence-corrected chi connectivity index (χ1v) is 6.56. The number of carbonyl (C=O) groups excluding carboxylic acids is 1. The Labute approximate surface area is 127 Å². The first kappa shape index (κ1) is 15.0. The maximum Gasteiger partial charge on any atom is 0.337 e. The molecule has 0 fully saturated rings. The predicted octanol–water partition coefficient (Wildman–Crippen LogP) is 3.12. The summed E-state index contributed by atoms with van der Waals surface area (Å²) >= 11 is 3.21. The molecule has 0 bridgehead atoms. The molecule has 1 amide bonds. The number of benzene rings is 2. The molecule has 21 heavy (non-hydrogen) atoms. The molecule has 4 N–H and O–H groups in total. The second kappa shape index (κ2) is 5.92. The van der Waals surface area contributed by atoms with Crippen LogP contribution in [0.25, 0.3) is 0 Å². The molecule has 0 aliphatic carbocycles. The number of amides is 1. The molecule has 0 unspecified atom stereocenters. The van der Waals surface area contributed by atoms with E-state index >= 15 is 0 Å². The van der Waals surface area contributed by atoms with Crippen molar-refractivity contribution in [2.45, 2.75) is 0 Å². The lowest BCUT2D eigenvalue weighted by molar-refractivity contribution is 0.0697. The molecular formula is C14H10BrFN2O3. The third kappa shape index (κ3) is 3.57. The van der Waals surface area contributed by atoms with Crippen LogP contribution in [0, 0.1) is 5.82 Å². The van der Waals surface area contributed by atoms with E-state index < -0.39 is 17.7 Å². The Morgan fingerprint density at radius 3 is 2.52 bits per heavy atom. The number of carboxylic acids is 1. The Balaban J connectivity index is 2.33. The number of halogens is 2. The van der Waals surface area contributed by atoms with Crippen molar-refractivity contribution in [1.29, 1.82) is 0 Å². The highest BCUT2D eigenvalue weighted by atomic mass is 79.9. The molecule has 7 heteroatoms. The fourth-order valence-corrected chi connectivity index (χ4v) is 2.25. The Morgan fingerprint density at radius 1 is 1.19 bits per heavy atom. The SMILES string of the molecule is Nc1cc(Br)cc(C(=O)Nc2ccc(F)cc2C(=O)O)c1. The van der Waals surface area contributed by atoms with E-state index in [4.69, 9.17) is 10.8 Å². The van der Waals surface area contributed by atoms with Crippen LogP contribution < -0.4 is 11.1 Å². The van der Waals surface area contributed by atoms with Crippen LogP contribution in [0.1, 0.15) is 20.7 Å². The average molecular weight is 353 g/mol. The minimum atomic E-state index is -1.33. The highest BCUT2D eigenvalue weighted by molar-refractivity contribution is 9.10. The summed E-state index contributed by atoms with van der Waals surface area (Å²) in [5.74, 6) is -2.58. The number of rotatable bonds is 3. The summed E-state index contributed by atoms with van der Waals surface area (Å²) < 4.78 is 13.7. The van der Waals surface area contributed by atoms with Gasteiger partial charge >= 0.3 is 5.97 Å². The molecule has 2 aromatic rings. The largest absolute Gasteiger partial charge is 0.478 e. The van der Waals surface area contributed by atoms with Gasteiger partial charge in [0.05, 0.1) is 11.3 Å². The van der Waals surface area contributed by atoms with Gasteiger partial charge in [0, 0.05) is 15.7 Å². The van der Waals surface area contributed by atoms with Gasteiger partial charge in [-0.15, -0.1) is 0 Å². The summed E-state index contributed by atoms with van der Waals surface area (Å²) in [5.41, 5.74) is 5.95. The summed E-state index contributed by atoms with van der Waals surface area (Å²) in [5, 5.41) is 11.4. The Bertz CT molecular complexity index is 714. The normalized spacial score (nSPS) is 10.2. The van der Waals surface area contributed by atoms with Gasteiger partial charge in [-0.1, -0.05) is 15.9 Å². The van der Waals surface area contributed by atoms with Crippen LogP contribution >= 0.6 is 15.9 Å². The zero-order valence-electron chi connectivity index (χ0n) is 10.6. The highest BCUT2D eigenvalue weighted by Crippen LogP contribution is 2.21. The summed E-state index contributed by atoms with van der Waals surface area (Å²) in [6.07, 6.45) is 0. The van der Waals surface area contributed by atoms with Gasteiger partial charge < -0.3 is 16.2 Å². The van der Waals surface area contributed by atoms with Crippen molar-refractivity contribution < 1.29 is 19.1 Å². The van der Waals surface area contributed by atoms with Gasteiger partial charge in [0.15, 0.2) is 0 Å². The van der Waals surface area contributed by atoms with Crippen LogP contribution in [0.4, 0.5) is 15.8 Å². The summed E-state index contributed by atoms with van der Waals surface area (Å²) in [6.45, 7) is 0. The number of hydrogen-bond donors (Lipinski definition) is 3. The van der Waals surface area contributed by atoms with Gasteiger partial charge in [0.1, 0.15) is 5.82 Å². The standard InChI is InChI=1S/C14H10BrFN2O3/c15-8-3-7(4-10(17)5-8)13(19)18-12-2-1-9(16)6-11(12)14(20)21/h1-6H,17H2,(H,18,19)(H,20,21). The molecule has 0 aliphatic heterocycles. The molecule has 0 spiro atoms. The fourth-order valence-electron chi connectivity index (χ4n) is 1.74. The molecule has 0 heterocycles. The third-order valence-corrected chi connectivity index (χ3v) is 3.10. The maximum absolute atomic E-state index is 13.1. The highest BCUT2D eigenvalue weighted by Gasteiger charge is 2.15. The molecule has 108 valence electrons. The van der Waals surface area contributed by atoms with Crippen LogP contribution in [0.15, 0.2) is 40.9 Å². The molecular weight excluding hydrogens is 343 g/mol. The van der Waals surface area contributed by atoms with Crippen molar-refractivity contribution in [3.8, 4) is 0 Å². The Morgan fingerprint density at radius 2 is 1.90 bits per heavy atom. The van der Waals surface area contributed by atoms with E-state index in [-0.39, 0.29) is 16.8 Å². The van der Waals surface area contributed by atoms with Crippen molar-refractivity contribution in [2.75, 3.05) is 11.1 Å². The van der Waals surface area contributed by atoms with Crippen molar-refractivity contribution in [3.63, 3.8) is 0 Å².